The maximum absolute atomic E-state index is 13.9. The lowest BCUT2D eigenvalue weighted by Gasteiger charge is -2.08. The lowest BCUT2D eigenvalue weighted by molar-refractivity contribution is 0.406. The SMILES string of the molecule is Nc1ncnc2c(C3Cc4ccccc4C3)cn(-c3cc(O)c(F)c(F)c3)c12. The largest absolute Gasteiger partial charge is 0.505 e. The van der Waals surface area contributed by atoms with Crippen molar-refractivity contribution in [2.45, 2.75) is 18.8 Å². The number of rotatable bonds is 2. The Morgan fingerprint density at radius 3 is 2.46 bits per heavy atom. The lowest BCUT2D eigenvalue weighted by Crippen LogP contribution is -2.00. The van der Waals surface area contributed by atoms with Gasteiger partial charge in [-0.05, 0) is 29.9 Å². The van der Waals surface area contributed by atoms with Gasteiger partial charge in [-0.15, -0.1) is 0 Å². The number of fused-ring (bicyclic) bond motifs is 2. The molecule has 2 heterocycles. The molecule has 140 valence electrons. The first-order valence-electron chi connectivity index (χ1n) is 8.89. The molecule has 2 aromatic carbocycles. The topological polar surface area (TPSA) is 77.0 Å². The highest BCUT2D eigenvalue weighted by Gasteiger charge is 2.27. The molecule has 28 heavy (non-hydrogen) atoms. The maximum Gasteiger partial charge on any atom is 0.200 e. The van der Waals surface area contributed by atoms with E-state index in [9.17, 15) is 13.9 Å². The van der Waals surface area contributed by atoms with Crippen molar-refractivity contribution in [3.63, 3.8) is 0 Å². The molecule has 0 radical (unpaired) electrons. The average Bonchev–Trinajstić information content (AvgIpc) is 3.27. The Hall–Kier alpha value is -3.48. The van der Waals surface area contributed by atoms with Crippen LogP contribution in [-0.4, -0.2) is 19.6 Å². The Morgan fingerprint density at radius 2 is 1.79 bits per heavy atom. The first-order chi connectivity index (χ1) is 13.5. The van der Waals surface area contributed by atoms with E-state index < -0.39 is 17.4 Å². The number of hydrogen-bond acceptors (Lipinski definition) is 4. The molecule has 0 saturated carbocycles. The zero-order valence-electron chi connectivity index (χ0n) is 14.7. The number of nitrogens with zero attached hydrogens (tertiary/aromatic N) is 3. The van der Waals surface area contributed by atoms with Gasteiger partial charge in [0.2, 0.25) is 0 Å². The number of aromatic nitrogens is 3. The number of benzene rings is 2. The molecule has 7 heteroatoms. The first-order valence-corrected chi connectivity index (χ1v) is 8.89. The van der Waals surface area contributed by atoms with Crippen LogP contribution < -0.4 is 5.73 Å². The van der Waals surface area contributed by atoms with Crippen LogP contribution in [0.1, 0.15) is 22.6 Å². The van der Waals surface area contributed by atoms with Crippen molar-refractivity contribution in [2.75, 3.05) is 5.73 Å². The summed E-state index contributed by atoms with van der Waals surface area (Å²) in [5.41, 5.74) is 11.1. The average molecular weight is 378 g/mol. The Morgan fingerprint density at radius 1 is 1.07 bits per heavy atom. The van der Waals surface area contributed by atoms with Gasteiger partial charge in [0.25, 0.3) is 0 Å². The molecule has 3 N–H and O–H groups in total. The van der Waals surface area contributed by atoms with Crippen molar-refractivity contribution in [1.82, 2.24) is 14.5 Å². The van der Waals surface area contributed by atoms with Crippen LogP contribution >= 0.6 is 0 Å². The zero-order chi connectivity index (χ0) is 19.4. The van der Waals surface area contributed by atoms with Gasteiger partial charge in [0.15, 0.2) is 23.2 Å². The van der Waals surface area contributed by atoms with Gasteiger partial charge in [0, 0.05) is 23.9 Å². The number of phenolic OH excluding ortho intramolecular Hbond substituents is 1. The predicted octanol–water partition coefficient (Wildman–Crippen LogP) is 3.87. The molecule has 2 aromatic heterocycles. The number of anilines is 1. The van der Waals surface area contributed by atoms with E-state index in [1.54, 1.807) is 4.57 Å². The van der Waals surface area contributed by atoms with Crippen LogP contribution in [0.5, 0.6) is 5.75 Å². The molecule has 4 aromatic rings. The highest BCUT2D eigenvalue weighted by Crippen LogP contribution is 2.39. The third-order valence-corrected chi connectivity index (χ3v) is 5.40. The molecule has 0 spiro atoms. The Labute approximate surface area is 159 Å². The van der Waals surface area contributed by atoms with Crippen LogP contribution in [0.4, 0.5) is 14.6 Å². The number of hydrogen-bond donors (Lipinski definition) is 2. The quantitative estimate of drug-likeness (QED) is 0.555. The highest BCUT2D eigenvalue weighted by molar-refractivity contribution is 5.90. The second-order valence-corrected chi connectivity index (χ2v) is 7.05. The zero-order valence-corrected chi connectivity index (χ0v) is 14.7. The van der Waals surface area contributed by atoms with Crippen LogP contribution in [-0.2, 0) is 12.8 Å². The van der Waals surface area contributed by atoms with Gasteiger partial charge in [0.1, 0.15) is 11.8 Å². The van der Waals surface area contributed by atoms with Gasteiger partial charge < -0.3 is 15.4 Å². The highest BCUT2D eigenvalue weighted by atomic mass is 19.2. The Balaban J connectivity index is 1.70. The number of nitrogens with two attached hydrogens (primary N) is 1. The molecule has 0 saturated heterocycles. The minimum atomic E-state index is -1.28. The number of nitrogen functional groups attached to an aromatic ring is 1. The van der Waals surface area contributed by atoms with Gasteiger partial charge in [-0.2, -0.15) is 4.39 Å². The Bertz CT molecular complexity index is 1190. The molecule has 0 atom stereocenters. The van der Waals surface area contributed by atoms with E-state index in [1.807, 2.05) is 18.3 Å². The number of phenols is 1. The van der Waals surface area contributed by atoms with E-state index in [4.69, 9.17) is 5.73 Å². The maximum atomic E-state index is 13.9. The van der Waals surface area contributed by atoms with Crippen molar-refractivity contribution in [1.29, 1.82) is 0 Å². The van der Waals surface area contributed by atoms with Crippen LogP contribution in [0.15, 0.2) is 48.9 Å². The van der Waals surface area contributed by atoms with Crippen LogP contribution in [0, 0.1) is 11.6 Å². The van der Waals surface area contributed by atoms with Gasteiger partial charge in [-0.3, -0.25) is 0 Å². The van der Waals surface area contributed by atoms with Crippen LogP contribution in [0.2, 0.25) is 0 Å². The fraction of sp³-hybridized carbons (Fsp3) is 0.143. The van der Waals surface area contributed by atoms with E-state index in [0.717, 1.165) is 30.5 Å². The molecule has 0 unspecified atom stereocenters. The minimum absolute atomic E-state index is 0.189. The van der Waals surface area contributed by atoms with Gasteiger partial charge in [-0.25, -0.2) is 14.4 Å². The molecule has 5 nitrogen and oxygen atoms in total. The van der Waals surface area contributed by atoms with E-state index in [0.29, 0.717) is 11.0 Å². The van der Waals surface area contributed by atoms with Crippen molar-refractivity contribution in [2.24, 2.45) is 0 Å². The van der Waals surface area contributed by atoms with Gasteiger partial charge in [-0.1, -0.05) is 24.3 Å². The molecule has 0 amide bonds. The fourth-order valence-corrected chi connectivity index (χ4v) is 4.09. The van der Waals surface area contributed by atoms with Gasteiger partial charge >= 0.3 is 0 Å². The summed E-state index contributed by atoms with van der Waals surface area (Å²) >= 11 is 0. The van der Waals surface area contributed by atoms with Crippen molar-refractivity contribution in [3.8, 4) is 11.4 Å². The molecule has 1 aliphatic rings. The summed E-state index contributed by atoms with van der Waals surface area (Å²) in [6.45, 7) is 0. The third-order valence-electron chi connectivity index (χ3n) is 5.40. The normalized spacial score (nSPS) is 13.9. The van der Waals surface area contributed by atoms with E-state index >= 15 is 0 Å². The van der Waals surface area contributed by atoms with Crippen LogP contribution in [0.25, 0.3) is 16.7 Å². The van der Waals surface area contributed by atoms with Gasteiger partial charge in [0.05, 0.1) is 11.2 Å². The summed E-state index contributed by atoms with van der Waals surface area (Å²) in [5.74, 6) is -2.76. The van der Waals surface area contributed by atoms with Crippen molar-refractivity contribution in [3.05, 3.63) is 77.2 Å². The summed E-state index contributed by atoms with van der Waals surface area (Å²) in [5, 5.41) is 9.73. The number of halogens is 2. The minimum Gasteiger partial charge on any atom is -0.505 e. The molecule has 0 fully saturated rings. The standard InChI is InChI=1S/C21H16F2N4O/c22-16-7-14(8-17(28)18(16)23)27-9-15(19-20(27)21(24)26-10-25-19)13-5-11-3-1-2-4-12(11)6-13/h1-4,7-10,13,28H,5-6H2,(H2,24,25,26). The molecular formula is C21H16F2N4O. The summed E-state index contributed by atoms with van der Waals surface area (Å²) in [4.78, 5) is 8.47. The molecule has 1 aliphatic carbocycles. The summed E-state index contributed by atoms with van der Waals surface area (Å²) in [7, 11) is 0. The third kappa shape index (κ3) is 2.43. The number of aromatic hydroxyl groups is 1. The van der Waals surface area contributed by atoms with Crippen molar-refractivity contribution < 1.29 is 13.9 Å². The predicted molar refractivity (Wildman–Crippen MR) is 101 cm³/mol. The molecule has 0 bridgehead atoms. The lowest BCUT2D eigenvalue weighted by atomic mass is 9.98. The monoisotopic (exact) mass is 378 g/mol. The Kier molecular flexibility index (Phi) is 3.58. The van der Waals surface area contributed by atoms with Crippen molar-refractivity contribution >= 4 is 16.9 Å². The van der Waals surface area contributed by atoms with Crippen LogP contribution in [0.3, 0.4) is 0 Å². The van der Waals surface area contributed by atoms with E-state index in [2.05, 4.69) is 22.1 Å². The summed E-state index contributed by atoms with van der Waals surface area (Å²) in [6, 6.07) is 10.5. The summed E-state index contributed by atoms with van der Waals surface area (Å²) < 4.78 is 29.1. The molecular weight excluding hydrogens is 362 g/mol. The van der Waals surface area contributed by atoms with E-state index in [1.165, 1.54) is 17.5 Å². The smallest absolute Gasteiger partial charge is 0.200 e. The van der Waals surface area contributed by atoms with E-state index in [-0.39, 0.29) is 17.4 Å². The first kappa shape index (κ1) is 16.7. The molecule has 5 rings (SSSR count). The second-order valence-electron chi connectivity index (χ2n) is 7.05. The summed E-state index contributed by atoms with van der Waals surface area (Å²) in [6.07, 6.45) is 4.96. The fourth-order valence-electron chi connectivity index (χ4n) is 4.09. The molecule has 0 aliphatic heterocycles. The second kappa shape index (κ2) is 6.02.